The SMILES string of the molecule is CC/C=C\C/C=C\C/C=C\C/C=C\C/C=C\CCCC(=O)OC(CCCCCCCCCCCCCCCCCCC)CC(=O)NC(CO)C(O)CCCCCCCCCCCCCCCCCC. The maximum absolute atomic E-state index is 13.3. The molecular formula is C63H115NO5. The number of aliphatic hydroxyl groups excluding tert-OH is 2. The number of amides is 1. The number of unbranched alkanes of at least 4 members (excludes halogenated alkanes) is 32. The van der Waals surface area contributed by atoms with Gasteiger partial charge in [0.1, 0.15) is 6.10 Å². The lowest BCUT2D eigenvalue weighted by Crippen LogP contribution is -2.46. The van der Waals surface area contributed by atoms with E-state index in [-0.39, 0.29) is 24.9 Å². The van der Waals surface area contributed by atoms with Gasteiger partial charge in [0.15, 0.2) is 0 Å². The van der Waals surface area contributed by atoms with Crippen LogP contribution in [0.3, 0.4) is 0 Å². The number of aliphatic hydroxyl groups is 2. The lowest BCUT2D eigenvalue weighted by Gasteiger charge is -2.24. The Labute approximate surface area is 428 Å². The summed E-state index contributed by atoms with van der Waals surface area (Å²) in [5.74, 6) is -0.530. The van der Waals surface area contributed by atoms with Crippen molar-refractivity contribution in [3.05, 3.63) is 60.8 Å². The lowest BCUT2D eigenvalue weighted by atomic mass is 10.0. The topological polar surface area (TPSA) is 95.9 Å². The first kappa shape index (κ1) is 66.6. The first-order valence-corrected chi connectivity index (χ1v) is 30.0. The van der Waals surface area contributed by atoms with Gasteiger partial charge in [0, 0.05) is 6.42 Å². The number of esters is 1. The third-order valence-corrected chi connectivity index (χ3v) is 13.6. The molecule has 0 aliphatic heterocycles. The van der Waals surface area contributed by atoms with E-state index in [0.717, 1.165) is 77.0 Å². The van der Waals surface area contributed by atoms with E-state index in [9.17, 15) is 19.8 Å². The second kappa shape index (κ2) is 56.5. The summed E-state index contributed by atoms with van der Waals surface area (Å²) < 4.78 is 5.94. The van der Waals surface area contributed by atoms with Gasteiger partial charge in [-0.1, -0.05) is 287 Å². The Kier molecular flexibility index (Phi) is 54.5. The Hall–Kier alpha value is -2.44. The summed E-state index contributed by atoms with van der Waals surface area (Å²) >= 11 is 0. The zero-order valence-corrected chi connectivity index (χ0v) is 45.9. The van der Waals surface area contributed by atoms with E-state index in [4.69, 9.17) is 4.74 Å². The fourth-order valence-corrected chi connectivity index (χ4v) is 9.12. The number of nitrogens with one attached hydrogen (secondary N) is 1. The number of carbonyl (C=O) groups excluding carboxylic acids is 2. The molecule has 0 fully saturated rings. The molecule has 6 nitrogen and oxygen atoms in total. The number of ether oxygens (including phenoxy) is 1. The predicted octanol–water partition coefficient (Wildman–Crippen LogP) is 18.7. The summed E-state index contributed by atoms with van der Waals surface area (Å²) in [5, 5.41) is 23.9. The highest BCUT2D eigenvalue weighted by atomic mass is 16.5. The number of rotatable bonds is 54. The fraction of sp³-hybridized carbons (Fsp3) is 0.810. The molecule has 0 heterocycles. The van der Waals surface area contributed by atoms with Gasteiger partial charge < -0.3 is 20.3 Å². The Bertz CT molecular complexity index is 1220. The number of hydrogen-bond acceptors (Lipinski definition) is 5. The lowest BCUT2D eigenvalue weighted by molar-refractivity contribution is -0.151. The third kappa shape index (κ3) is 51.7. The molecule has 3 atom stereocenters. The first-order valence-electron chi connectivity index (χ1n) is 30.0. The molecule has 0 aliphatic carbocycles. The smallest absolute Gasteiger partial charge is 0.306 e. The van der Waals surface area contributed by atoms with E-state index < -0.39 is 18.2 Å². The van der Waals surface area contributed by atoms with Gasteiger partial charge in [-0.25, -0.2) is 0 Å². The number of carbonyl (C=O) groups is 2. The van der Waals surface area contributed by atoms with Crippen LogP contribution >= 0.6 is 0 Å². The monoisotopic (exact) mass is 966 g/mol. The molecule has 0 aliphatic rings. The van der Waals surface area contributed by atoms with Gasteiger partial charge in [-0.2, -0.15) is 0 Å². The van der Waals surface area contributed by atoms with Crippen LogP contribution in [-0.4, -0.2) is 46.9 Å². The van der Waals surface area contributed by atoms with Gasteiger partial charge in [0.2, 0.25) is 5.91 Å². The van der Waals surface area contributed by atoms with E-state index in [1.807, 2.05) is 0 Å². The number of allylic oxidation sites excluding steroid dienone is 10. The van der Waals surface area contributed by atoms with E-state index in [1.165, 1.54) is 173 Å². The summed E-state index contributed by atoms with van der Waals surface area (Å²) in [4.78, 5) is 26.3. The number of hydrogen-bond donors (Lipinski definition) is 3. The summed E-state index contributed by atoms with van der Waals surface area (Å²) in [6, 6.07) is -0.714. The van der Waals surface area contributed by atoms with Gasteiger partial charge in [-0.05, 0) is 64.2 Å². The van der Waals surface area contributed by atoms with Gasteiger partial charge >= 0.3 is 5.97 Å². The van der Waals surface area contributed by atoms with Crippen molar-refractivity contribution in [2.45, 2.75) is 322 Å². The summed E-state index contributed by atoms with van der Waals surface area (Å²) in [7, 11) is 0. The molecule has 0 spiro atoms. The molecule has 0 radical (unpaired) electrons. The molecule has 0 bridgehead atoms. The van der Waals surface area contributed by atoms with E-state index >= 15 is 0 Å². The molecular weight excluding hydrogens is 851 g/mol. The normalized spacial score (nSPS) is 13.5. The molecule has 402 valence electrons. The van der Waals surface area contributed by atoms with Crippen LogP contribution in [0, 0.1) is 0 Å². The molecule has 0 rings (SSSR count). The van der Waals surface area contributed by atoms with Crippen molar-refractivity contribution in [1.82, 2.24) is 5.32 Å². The molecule has 0 aromatic carbocycles. The quantitative estimate of drug-likeness (QED) is 0.0321. The maximum Gasteiger partial charge on any atom is 0.306 e. The van der Waals surface area contributed by atoms with Crippen molar-refractivity contribution >= 4 is 11.9 Å². The van der Waals surface area contributed by atoms with Crippen LogP contribution in [0.15, 0.2) is 60.8 Å². The van der Waals surface area contributed by atoms with Crippen LogP contribution in [0.1, 0.15) is 303 Å². The van der Waals surface area contributed by atoms with E-state index in [1.54, 1.807) is 0 Å². The minimum Gasteiger partial charge on any atom is -0.462 e. The summed E-state index contributed by atoms with van der Waals surface area (Å²) in [5.41, 5.74) is 0. The van der Waals surface area contributed by atoms with Crippen LogP contribution in [0.25, 0.3) is 0 Å². The second-order valence-corrected chi connectivity index (χ2v) is 20.4. The highest BCUT2D eigenvalue weighted by Crippen LogP contribution is 2.19. The molecule has 0 saturated carbocycles. The molecule has 1 amide bonds. The molecule has 69 heavy (non-hydrogen) atoms. The first-order chi connectivity index (χ1) is 34.0. The molecule has 3 N–H and O–H groups in total. The minimum atomic E-state index is -0.798. The Balaban J connectivity index is 4.61. The third-order valence-electron chi connectivity index (χ3n) is 13.6. The maximum atomic E-state index is 13.3. The summed E-state index contributed by atoms with van der Waals surface area (Å²) in [6.45, 7) is 6.40. The average molecular weight is 967 g/mol. The van der Waals surface area contributed by atoms with Crippen LogP contribution in [0.4, 0.5) is 0 Å². The predicted molar refractivity (Wildman–Crippen MR) is 301 cm³/mol. The van der Waals surface area contributed by atoms with Gasteiger partial charge in [0.25, 0.3) is 0 Å². The van der Waals surface area contributed by atoms with Crippen molar-refractivity contribution in [2.75, 3.05) is 6.61 Å². The van der Waals surface area contributed by atoms with E-state index in [0.29, 0.717) is 25.7 Å². The highest BCUT2D eigenvalue weighted by molar-refractivity contribution is 5.77. The van der Waals surface area contributed by atoms with Crippen molar-refractivity contribution in [1.29, 1.82) is 0 Å². The van der Waals surface area contributed by atoms with Crippen LogP contribution in [-0.2, 0) is 14.3 Å². The minimum absolute atomic E-state index is 0.0572. The van der Waals surface area contributed by atoms with Gasteiger partial charge in [-0.3, -0.25) is 9.59 Å². The zero-order chi connectivity index (χ0) is 50.2. The van der Waals surface area contributed by atoms with Gasteiger partial charge in [-0.15, -0.1) is 0 Å². The second-order valence-electron chi connectivity index (χ2n) is 20.4. The largest absolute Gasteiger partial charge is 0.462 e. The Morgan fingerprint density at radius 3 is 1.13 bits per heavy atom. The van der Waals surface area contributed by atoms with Crippen LogP contribution < -0.4 is 5.32 Å². The molecule has 0 aromatic heterocycles. The van der Waals surface area contributed by atoms with Crippen molar-refractivity contribution in [3.63, 3.8) is 0 Å². The zero-order valence-electron chi connectivity index (χ0n) is 45.9. The molecule has 6 heteroatoms. The molecule has 3 unspecified atom stereocenters. The molecule has 0 aromatic rings. The Morgan fingerprint density at radius 1 is 0.435 bits per heavy atom. The van der Waals surface area contributed by atoms with Crippen molar-refractivity contribution in [3.8, 4) is 0 Å². The highest BCUT2D eigenvalue weighted by Gasteiger charge is 2.24. The summed E-state index contributed by atoms with van der Waals surface area (Å²) in [6.07, 6.45) is 71.5. The standard InChI is InChI=1S/C63H115NO5/c1-4-7-10-13-16-19-22-25-28-31-33-36-39-42-45-48-51-54-59(69-63(68)56-53-50-47-44-41-38-35-32-29-26-23-20-17-14-11-8-5-2)57-62(67)64-60(58-65)61(66)55-52-49-46-43-40-37-34-30-27-24-21-18-15-12-9-6-3/h8,11,17,20,26,29,35,38,44,47,59-61,65-66H,4-7,9-10,12-16,18-19,21-25,27-28,30-34,36-37,39-43,45-46,48-58H2,1-3H3,(H,64,67)/b11-8-,20-17-,29-26-,38-35-,47-44-. The van der Waals surface area contributed by atoms with Gasteiger partial charge in [0.05, 0.1) is 25.2 Å². The van der Waals surface area contributed by atoms with Crippen LogP contribution in [0.5, 0.6) is 0 Å². The molecule has 0 saturated heterocycles. The van der Waals surface area contributed by atoms with Crippen molar-refractivity contribution in [2.24, 2.45) is 0 Å². The Morgan fingerprint density at radius 2 is 0.768 bits per heavy atom. The van der Waals surface area contributed by atoms with Crippen LogP contribution in [0.2, 0.25) is 0 Å². The average Bonchev–Trinajstić information content (AvgIpc) is 3.34. The van der Waals surface area contributed by atoms with E-state index in [2.05, 4.69) is 86.8 Å². The van der Waals surface area contributed by atoms with Crippen molar-refractivity contribution < 1.29 is 24.5 Å². The fourth-order valence-electron chi connectivity index (χ4n) is 9.12.